The third-order valence-corrected chi connectivity index (χ3v) is 3.92. The van der Waals surface area contributed by atoms with Crippen LogP contribution in [0.2, 0.25) is 0 Å². The Hall–Kier alpha value is -2.47. The number of hydrogen-bond acceptors (Lipinski definition) is 5. The number of benzene rings is 1. The maximum Gasteiger partial charge on any atom is 0.163 e. The van der Waals surface area contributed by atoms with Crippen LogP contribution < -0.4 is 5.32 Å². The molecule has 24 heavy (non-hydrogen) atoms. The topological polar surface area (TPSA) is 75.9 Å². The second kappa shape index (κ2) is 6.20. The summed E-state index contributed by atoms with van der Waals surface area (Å²) in [7, 11) is 0. The minimum absolute atomic E-state index is 0.135. The standard InChI is InChI=1S/C18H23N5O/c1-12(24)14-7-5-13(6-8-14)9-19-16-15-10-22-23(18(2,3)4)17(15)21-11-20-16/h5-8,10-12,24H,9H2,1-4H3,(H,19,20,21). The monoisotopic (exact) mass is 325 g/mol. The van der Waals surface area contributed by atoms with Crippen LogP contribution in [0.25, 0.3) is 11.0 Å². The van der Waals surface area contributed by atoms with Crippen LogP contribution in [0.1, 0.15) is 44.9 Å². The zero-order valence-electron chi connectivity index (χ0n) is 14.5. The highest BCUT2D eigenvalue weighted by Crippen LogP contribution is 2.24. The molecule has 0 bridgehead atoms. The van der Waals surface area contributed by atoms with Crippen LogP contribution in [0.3, 0.4) is 0 Å². The molecule has 0 fully saturated rings. The van der Waals surface area contributed by atoms with Gasteiger partial charge in [-0.05, 0) is 38.8 Å². The molecule has 6 nitrogen and oxygen atoms in total. The lowest BCUT2D eigenvalue weighted by molar-refractivity contribution is 0.199. The van der Waals surface area contributed by atoms with Gasteiger partial charge in [0.05, 0.1) is 23.2 Å². The smallest absolute Gasteiger partial charge is 0.163 e. The normalized spacial score (nSPS) is 13.2. The van der Waals surface area contributed by atoms with Crippen molar-refractivity contribution in [3.8, 4) is 0 Å². The Morgan fingerprint density at radius 1 is 1.17 bits per heavy atom. The van der Waals surface area contributed by atoms with Crippen molar-refractivity contribution in [1.29, 1.82) is 0 Å². The van der Waals surface area contributed by atoms with Gasteiger partial charge < -0.3 is 10.4 Å². The van der Waals surface area contributed by atoms with Crippen LogP contribution in [-0.4, -0.2) is 24.9 Å². The fourth-order valence-electron chi connectivity index (χ4n) is 2.58. The number of aliphatic hydroxyl groups excluding tert-OH is 1. The first-order chi connectivity index (χ1) is 11.4. The summed E-state index contributed by atoms with van der Waals surface area (Å²) in [5, 5.41) is 18.3. The van der Waals surface area contributed by atoms with Crippen molar-refractivity contribution in [3.63, 3.8) is 0 Å². The molecule has 1 aromatic carbocycles. The summed E-state index contributed by atoms with van der Waals surface area (Å²) >= 11 is 0. The number of aliphatic hydroxyl groups is 1. The predicted molar refractivity (Wildman–Crippen MR) is 94.7 cm³/mol. The number of aromatic nitrogens is 4. The Balaban J connectivity index is 1.82. The first-order valence-corrected chi connectivity index (χ1v) is 8.06. The van der Waals surface area contributed by atoms with Gasteiger partial charge in [-0.15, -0.1) is 0 Å². The van der Waals surface area contributed by atoms with E-state index in [0.29, 0.717) is 6.54 Å². The number of anilines is 1. The average molecular weight is 325 g/mol. The number of nitrogens with zero attached hydrogens (tertiary/aromatic N) is 4. The Bertz CT molecular complexity index is 831. The van der Waals surface area contributed by atoms with Gasteiger partial charge in [-0.1, -0.05) is 24.3 Å². The first kappa shape index (κ1) is 16.4. The summed E-state index contributed by atoms with van der Waals surface area (Å²) < 4.78 is 1.91. The molecule has 1 unspecified atom stereocenters. The van der Waals surface area contributed by atoms with Crippen LogP contribution >= 0.6 is 0 Å². The van der Waals surface area contributed by atoms with Gasteiger partial charge in [-0.3, -0.25) is 0 Å². The van der Waals surface area contributed by atoms with E-state index in [-0.39, 0.29) is 5.54 Å². The summed E-state index contributed by atoms with van der Waals surface area (Å²) in [5.74, 6) is 0.773. The van der Waals surface area contributed by atoms with Crippen molar-refractivity contribution in [3.05, 3.63) is 47.9 Å². The van der Waals surface area contributed by atoms with Crippen LogP contribution in [0, 0.1) is 0 Å². The van der Waals surface area contributed by atoms with Crippen molar-refractivity contribution >= 4 is 16.9 Å². The van der Waals surface area contributed by atoms with Crippen molar-refractivity contribution in [2.24, 2.45) is 0 Å². The first-order valence-electron chi connectivity index (χ1n) is 8.06. The molecule has 0 aliphatic heterocycles. The highest BCUT2D eigenvalue weighted by molar-refractivity contribution is 5.86. The van der Waals surface area contributed by atoms with Crippen LogP contribution in [0.4, 0.5) is 5.82 Å². The van der Waals surface area contributed by atoms with E-state index in [1.807, 2.05) is 28.9 Å². The lowest BCUT2D eigenvalue weighted by atomic mass is 10.1. The van der Waals surface area contributed by atoms with Gasteiger partial charge in [0, 0.05) is 6.54 Å². The number of fused-ring (bicyclic) bond motifs is 1. The Morgan fingerprint density at radius 2 is 1.88 bits per heavy atom. The van der Waals surface area contributed by atoms with Crippen molar-refractivity contribution in [2.75, 3.05) is 5.32 Å². The van der Waals surface area contributed by atoms with Crippen LogP contribution in [0.15, 0.2) is 36.8 Å². The Morgan fingerprint density at radius 3 is 2.50 bits per heavy atom. The molecule has 0 saturated carbocycles. The Labute approximate surface area is 141 Å². The molecule has 2 heterocycles. The van der Waals surface area contributed by atoms with Gasteiger partial charge >= 0.3 is 0 Å². The van der Waals surface area contributed by atoms with Crippen LogP contribution in [-0.2, 0) is 12.1 Å². The average Bonchev–Trinajstić information content (AvgIpc) is 2.98. The summed E-state index contributed by atoms with van der Waals surface area (Å²) in [4.78, 5) is 8.72. The molecule has 0 spiro atoms. The minimum Gasteiger partial charge on any atom is -0.389 e. The molecule has 2 aromatic heterocycles. The van der Waals surface area contributed by atoms with Gasteiger partial charge in [0.15, 0.2) is 5.65 Å². The summed E-state index contributed by atoms with van der Waals surface area (Å²) in [6.07, 6.45) is 2.92. The Kier molecular flexibility index (Phi) is 4.24. The molecule has 3 aromatic rings. The molecule has 0 saturated heterocycles. The zero-order chi connectivity index (χ0) is 17.3. The molecule has 6 heteroatoms. The second-order valence-electron chi connectivity index (χ2n) is 6.96. The summed E-state index contributed by atoms with van der Waals surface area (Å²) in [6.45, 7) is 8.69. The zero-order valence-corrected chi connectivity index (χ0v) is 14.5. The molecule has 0 aliphatic carbocycles. The number of rotatable bonds is 4. The fourth-order valence-corrected chi connectivity index (χ4v) is 2.58. The predicted octanol–water partition coefficient (Wildman–Crippen LogP) is 3.25. The van der Waals surface area contributed by atoms with E-state index in [2.05, 4.69) is 41.2 Å². The lowest BCUT2D eigenvalue weighted by Gasteiger charge is -2.19. The molecule has 1 atom stereocenters. The molecule has 0 aliphatic rings. The number of nitrogens with one attached hydrogen (secondary N) is 1. The van der Waals surface area contributed by atoms with Gasteiger partial charge in [-0.25, -0.2) is 14.6 Å². The van der Waals surface area contributed by atoms with Gasteiger partial charge in [0.25, 0.3) is 0 Å². The summed E-state index contributed by atoms with van der Waals surface area (Å²) in [5.41, 5.74) is 2.72. The number of hydrogen-bond donors (Lipinski definition) is 2. The highest BCUT2D eigenvalue weighted by atomic mass is 16.3. The van der Waals surface area contributed by atoms with Gasteiger partial charge in [-0.2, -0.15) is 5.10 Å². The molecule has 0 amide bonds. The lowest BCUT2D eigenvalue weighted by Crippen LogP contribution is -2.23. The SMILES string of the molecule is CC(O)c1ccc(CNc2ncnc3c2cnn3C(C)(C)C)cc1. The van der Waals surface area contributed by atoms with E-state index in [1.165, 1.54) is 0 Å². The third-order valence-electron chi connectivity index (χ3n) is 3.92. The molecular weight excluding hydrogens is 302 g/mol. The molecular formula is C18H23N5O. The van der Waals surface area contributed by atoms with Gasteiger partial charge in [0.1, 0.15) is 12.1 Å². The van der Waals surface area contributed by atoms with Crippen molar-refractivity contribution in [1.82, 2.24) is 19.7 Å². The largest absolute Gasteiger partial charge is 0.389 e. The van der Waals surface area contributed by atoms with Gasteiger partial charge in [0.2, 0.25) is 0 Å². The second-order valence-corrected chi connectivity index (χ2v) is 6.96. The molecule has 3 rings (SSSR count). The third kappa shape index (κ3) is 3.23. The van der Waals surface area contributed by atoms with Crippen molar-refractivity contribution in [2.45, 2.75) is 45.9 Å². The quantitative estimate of drug-likeness (QED) is 0.770. The van der Waals surface area contributed by atoms with E-state index in [9.17, 15) is 5.11 Å². The fraction of sp³-hybridized carbons (Fsp3) is 0.389. The van der Waals surface area contributed by atoms with Crippen LogP contribution in [0.5, 0.6) is 0 Å². The van der Waals surface area contributed by atoms with E-state index >= 15 is 0 Å². The minimum atomic E-state index is -0.447. The van der Waals surface area contributed by atoms with E-state index in [1.54, 1.807) is 19.4 Å². The summed E-state index contributed by atoms with van der Waals surface area (Å²) in [6, 6.07) is 7.89. The molecule has 2 N–H and O–H groups in total. The maximum atomic E-state index is 9.57. The van der Waals surface area contributed by atoms with Crippen molar-refractivity contribution < 1.29 is 5.11 Å². The van der Waals surface area contributed by atoms with E-state index in [4.69, 9.17) is 0 Å². The molecule has 126 valence electrons. The highest BCUT2D eigenvalue weighted by Gasteiger charge is 2.19. The van der Waals surface area contributed by atoms with E-state index in [0.717, 1.165) is 28.0 Å². The van der Waals surface area contributed by atoms with E-state index < -0.39 is 6.10 Å². The molecule has 0 radical (unpaired) electrons. The maximum absolute atomic E-state index is 9.57.